The SMILES string of the molecule is CN[C@@H](C)C(=O)C[C@@H](C)C(=O)N1C[C@@H]2C[C@H]1C(=O)C[C@@H](Cc1ccc3ccccc3c1)C(=O)N[C@H](C(=O)O)CCC(=O)N[C@H]1C[C@@H](C(=O)N[C@@H](Cc3ccc4ccccc4c3)C(=O)N[C@H](C(=O)O)Cc3ccc(cc3)OC/C=C/CO2)N(C(=O)[C@@H](NC(=O)[C@H](C)NC)C(C)(C)C)C1. The van der Waals surface area contributed by atoms with E-state index in [-0.39, 0.29) is 70.6 Å². The second kappa shape index (κ2) is 33.5. The zero-order valence-corrected chi connectivity index (χ0v) is 56.3. The molecule has 0 unspecified atom stereocenters. The lowest BCUT2D eigenvalue weighted by atomic mass is 9.85. The van der Waals surface area contributed by atoms with Crippen molar-refractivity contribution in [2.45, 2.75) is 160 Å². The number of ether oxygens (including phenoxy) is 2. The van der Waals surface area contributed by atoms with Crippen LogP contribution in [-0.2, 0) is 76.7 Å². The Balaban J connectivity index is 1.12. The molecule has 6 bridgehead atoms. The maximum Gasteiger partial charge on any atom is 0.326 e. The van der Waals surface area contributed by atoms with Crippen LogP contribution in [0.4, 0.5) is 0 Å². The van der Waals surface area contributed by atoms with Gasteiger partial charge in [0.2, 0.25) is 41.4 Å². The topological polar surface area (TPSA) is 337 Å². The number of nitrogens with zero attached hydrogens (tertiary/aromatic N) is 2. The molecule has 5 aromatic carbocycles. The van der Waals surface area contributed by atoms with E-state index in [9.17, 15) is 53.4 Å². The quantitative estimate of drug-likeness (QED) is 0.0658. The molecular formula is C73H91N9O15. The van der Waals surface area contributed by atoms with Gasteiger partial charge in [-0.15, -0.1) is 0 Å². The Morgan fingerprint density at radius 3 is 1.81 bits per heavy atom. The molecule has 9 N–H and O–H groups in total. The van der Waals surface area contributed by atoms with E-state index in [1.165, 1.54) is 9.80 Å². The van der Waals surface area contributed by atoms with Crippen molar-refractivity contribution in [3.05, 3.63) is 138 Å². The smallest absolute Gasteiger partial charge is 0.326 e. The molecule has 0 radical (unpaired) electrons. The highest BCUT2D eigenvalue weighted by atomic mass is 16.5. The van der Waals surface area contributed by atoms with Crippen molar-refractivity contribution >= 4 is 86.4 Å². The molecule has 4 heterocycles. The lowest BCUT2D eigenvalue weighted by Crippen LogP contribution is -2.61. The molecule has 5 aromatic rings. The lowest BCUT2D eigenvalue weighted by molar-refractivity contribution is -0.145. The van der Waals surface area contributed by atoms with Crippen molar-refractivity contribution in [1.29, 1.82) is 0 Å². The number of aliphatic carboxylic acids is 2. The number of Topliss-reactive ketones (excluding diaryl/α,β-unsaturated/α-hetero) is 2. The number of fused-ring (bicyclic) bond motifs is 23. The van der Waals surface area contributed by atoms with Crippen LogP contribution in [0.3, 0.4) is 0 Å². The van der Waals surface area contributed by atoms with Crippen molar-refractivity contribution in [1.82, 2.24) is 47.0 Å². The van der Waals surface area contributed by atoms with E-state index in [0.717, 1.165) is 21.5 Å². The molecule has 97 heavy (non-hydrogen) atoms. The first kappa shape index (κ1) is 73.4. The minimum atomic E-state index is -1.67. The minimum Gasteiger partial charge on any atom is -0.490 e. The largest absolute Gasteiger partial charge is 0.490 e. The number of likely N-dealkylation sites (tertiary alicyclic amines) is 2. The number of carbonyl (C=O) groups is 11. The van der Waals surface area contributed by atoms with E-state index in [2.05, 4.69) is 37.2 Å². The molecule has 4 aliphatic rings. The van der Waals surface area contributed by atoms with Gasteiger partial charge in [-0.1, -0.05) is 131 Å². The van der Waals surface area contributed by atoms with Gasteiger partial charge in [0.15, 0.2) is 5.78 Å². The summed E-state index contributed by atoms with van der Waals surface area (Å²) in [6.07, 6.45) is 0.741. The highest BCUT2D eigenvalue weighted by molar-refractivity contribution is 5.98. The van der Waals surface area contributed by atoms with Crippen LogP contribution in [0.15, 0.2) is 121 Å². The van der Waals surface area contributed by atoms with Crippen LogP contribution < -0.4 is 42.0 Å². The Morgan fingerprint density at radius 2 is 1.21 bits per heavy atom. The fourth-order valence-electron chi connectivity index (χ4n) is 12.5. The average molecular weight is 1330 g/mol. The second-order valence-corrected chi connectivity index (χ2v) is 26.8. The first-order valence-corrected chi connectivity index (χ1v) is 33.1. The maximum atomic E-state index is 15.1. The number of likely N-dealkylation sites (N-methyl/N-ethyl adjacent to an activating group) is 2. The first-order valence-electron chi connectivity index (χ1n) is 33.1. The monoisotopic (exact) mass is 1330 g/mol. The van der Waals surface area contributed by atoms with Gasteiger partial charge in [-0.2, -0.15) is 0 Å². The molecule has 2 fully saturated rings. The number of carboxylic acids is 2. The first-order chi connectivity index (χ1) is 46.2. The molecule has 518 valence electrons. The molecule has 4 aliphatic heterocycles. The molecule has 12 atom stereocenters. The fourth-order valence-corrected chi connectivity index (χ4v) is 12.5. The Bertz CT molecular complexity index is 3740. The van der Waals surface area contributed by atoms with Crippen LogP contribution in [0.5, 0.6) is 5.75 Å². The summed E-state index contributed by atoms with van der Waals surface area (Å²) in [6.45, 7) is 9.92. The Labute approximate surface area is 564 Å². The van der Waals surface area contributed by atoms with Crippen LogP contribution in [-0.4, -0.2) is 186 Å². The lowest BCUT2D eigenvalue weighted by Gasteiger charge is -2.36. The van der Waals surface area contributed by atoms with Crippen LogP contribution in [0.25, 0.3) is 21.5 Å². The standard InChI is InChI=1S/C73H91N9O15/c1-42(31-61(83)43(2)74-7)69(90)82-41-55-39-59(82)62(84)37-52(34-46-19-23-48-15-9-11-17-50(48)32-46)66(87)77-56(71(92)93)27-28-63(85)76-53-38-60(81(40-53)70(91)64(73(4,5)6)80-65(86)44(3)75-8)68(89)78-57(36-47-20-24-49-16-10-12-18-51(49)33-47)67(88)79-58(72(94)95)35-45-21-25-54(26-22-45)96-29-13-14-30-97-55/h9-26,32-33,42-44,52-53,55-60,64,74-75H,27-31,34-41H2,1-8H3,(H,76,85)(H,77,87)(H,78,89)(H,79,88)(H,80,86)(H,92,93)(H,94,95)/b14-13+/t42-,43+,44+,52-,53+,55+,56+,57+,58+,59+,60+,64-/m1/s1. The molecule has 2 saturated heterocycles. The summed E-state index contributed by atoms with van der Waals surface area (Å²) in [6, 6.07) is 22.1. The summed E-state index contributed by atoms with van der Waals surface area (Å²) < 4.78 is 12.2. The molecular weight excluding hydrogens is 1240 g/mol. The Kier molecular flexibility index (Phi) is 25.4. The fraction of sp³-hybridized carbons (Fsp3) is 0.466. The number of carbonyl (C=O) groups excluding carboxylic acids is 9. The van der Waals surface area contributed by atoms with Gasteiger partial charge in [-0.3, -0.25) is 43.2 Å². The van der Waals surface area contributed by atoms with E-state index >= 15 is 9.59 Å². The van der Waals surface area contributed by atoms with Gasteiger partial charge in [-0.25, -0.2) is 9.59 Å². The average Bonchev–Trinajstić information content (AvgIpc) is 1.69. The zero-order valence-electron chi connectivity index (χ0n) is 56.3. The number of ketones is 2. The summed E-state index contributed by atoms with van der Waals surface area (Å²) in [5, 5.41) is 44.3. The van der Waals surface area contributed by atoms with Gasteiger partial charge in [0.1, 0.15) is 48.3 Å². The molecule has 0 spiro atoms. The van der Waals surface area contributed by atoms with Gasteiger partial charge in [0.25, 0.3) is 0 Å². The predicted octanol–water partition coefficient (Wildman–Crippen LogP) is 4.36. The van der Waals surface area contributed by atoms with E-state index in [1.807, 2.05) is 78.9 Å². The second-order valence-electron chi connectivity index (χ2n) is 26.8. The number of hydrogen-bond acceptors (Lipinski definition) is 15. The van der Waals surface area contributed by atoms with E-state index in [4.69, 9.17) is 9.47 Å². The number of amides is 7. The molecule has 0 aromatic heterocycles. The molecule has 9 rings (SSSR count). The summed E-state index contributed by atoms with van der Waals surface area (Å²) in [4.78, 5) is 159. The third-order valence-electron chi connectivity index (χ3n) is 18.4. The van der Waals surface area contributed by atoms with Crippen LogP contribution in [0.2, 0.25) is 0 Å². The van der Waals surface area contributed by atoms with Crippen molar-refractivity contribution in [3.8, 4) is 5.75 Å². The maximum absolute atomic E-state index is 15.1. The Hall–Kier alpha value is -9.39. The third-order valence-corrected chi connectivity index (χ3v) is 18.4. The Morgan fingerprint density at radius 1 is 0.619 bits per heavy atom. The number of hydrogen-bond donors (Lipinski definition) is 9. The number of rotatable bonds is 15. The van der Waals surface area contributed by atoms with Gasteiger partial charge in [-0.05, 0) is 109 Å². The van der Waals surface area contributed by atoms with Gasteiger partial charge in [0.05, 0.1) is 30.8 Å². The summed E-state index contributed by atoms with van der Waals surface area (Å²) in [5.74, 6) is -10.0. The number of nitrogens with one attached hydrogen (secondary N) is 7. The highest BCUT2D eigenvalue weighted by Gasteiger charge is 2.47. The molecule has 7 amide bonds. The van der Waals surface area contributed by atoms with Gasteiger partial charge < -0.3 is 66.7 Å². The minimum absolute atomic E-state index is 0.00987. The van der Waals surface area contributed by atoms with Crippen molar-refractivity contribution in [3.63, 3.8) is 0 Å². The van der Waals surface area contributed by atoms with Crippen LogP contribution in [0, 0.1) is 17.3 Å². The highest BCUT2D eigenvalue weighted by Crippen LogP contribution is 2.31. The van der Waals surface area contributed by atoms with Crippen LogP contribution >= 0.6 is 0 Å². The van der Waals surface area contributed by atoms with Gasteiger partial charge >= 0.3 is 11.9 Å². The van der Waals surface area contributed by atoms with Crippen molar-refractivity contribution in [2.24, 2.45) is 17.3 Å². The number of benzene rings is 5. The molecule has 0 aliphatic carbocycles. The van der Waals surface area contributed by atoms with E-state index in [0.29, 0.717) is 22.4 Å². The van der Waals surface area contributed by atoms with Crippen molar-refractivity contribution in [2.75, 3.05) is 40.4 Å². The predicted molar refractivity (Wildman–Crippen MR) is 363 cm³/mol. The molecule has 0 saturated carbocycles. The summed E-state index contributed by atoms with van der Waals surface area (Å²) >= 11 is 0. The van der Waals surface area contributed by atoms with Crippen LogP contribution in [0.1, 0.15) is 96.8 Å². The van der Waals surface area contributed by atoms with E-state index < -0.39 is 156 Å². The van der Waals surface area contributed by atoms with E-state index in [1.54, 1.807) is 98.1 Å². The summed E-state index contributed by atoms with van der Waals surface area (Å²) in [5.41, 5.74) is 0.832. The van der Waals surface area contributed by atoms with Gasteiger partial charge in [0, 0.05) is 69.5 Å². The molecule has 24 heteroatoms. The van der Waals surface area contributed by atoms with Crippen molar-refractivity contribution < 1.29 is 72.4 Å². The third kappa shape index (κ3) is 19.9. The summed E-state index contributed by atoms with van der Waals surface area (Å²) in [7, 11) is 3.21. The normalized spacial score (nSPS) is 23.7. The number of carboxylic acid groups (broad SMARTS) is 2. The zero-order chi connectivity index (χ0) is 70.3. The molecule has 24 nitrogen and oxygen atoms in total.